The van der Waals surface area contributed by atoms with Gasteiger partial charge in [0, 0.05) is 48.9 Å². The molecule has 0 radical (unpaired) electrons. The van der Waals surface area contributed by atoms with Crippen molar-refractivity contribution in [3.8, 4) is 11.4 Å². The first kappa shape index (κ1) is 27.4. The summed E-state index contributed by atoms with van der Waals surface area (Å²) in [6.07, 6.45) is 6.58. The Morgan fingerprint density at radius 3 is 2.51 bits per heavy atom. The van der Waals surface area contributed by atoms with Gasteiger partial charge >= 0.3 is 0 Å². The Balaban J connectivity index is 1.25. The van der Waals surface area contributed by atoms with Crippen molar-refractivity contribution < 1.29 is 9.53 Å². The second-order valence-corrected chi connectivity index (χ2v) is 11.3. The fourth-order valence-corrected chi connectivity index (χ4v) is 6.02. The molecule has 8 heteroatoms. The SMILES string of the molecule is Cc1ccc(N(Cl)C(=O)c2cccc(N3CCCC3)c2)cc1-n1ccc2ccc(OCCN3CCCC3)cc2c1=O. The van der Waals surface area contributed by atoms with Crippen molar-refractivity contribution in [2.45, 2.75) is 32.6 Å². The molecule has 0 aliphatic carbocycles. The molecule has 0 bridgehead atoms. The first-order valence-corrected chi connectivity index (χ1v) is 14.8. The third-order valence-electron chi connectivity index (χ3n) is 8.17. The largest absolute Gasteiger partial charge is 0.492 e. The van der Waals surface area contributed by atoms with Crippen LogP contribution in [-0.2, 0) is 0 Å². The molecule has 1 aromatic heterocycles. The van der Waals surface area contributed by atoms with Gasteiger partial charge in [-0.2, -0.15) is 0 Å². The number of carbonyl (C=O) groups excluding carboxylic acids is 1. The number of nitrogens with zero attached hydrogens (tertiary/aromatic N) is 4. The maximum atomic E-state index is 13.7. The van der Waals surface area contributed by atoms with Crippen LogP contribution in [0.4, 0.5) is 11.4 Å². The summed E-state index contributed by atoms with van der Waals surface area (Å²) in [6, 6.07) is 20.6. The molecule has 3 heterocycles. The van der Waals surface area contributed by atoms with Crippen LogP contribution in [0, 0.1) is 6.92 Å². The topological polar surface area (TPSA) is 58.0 Å². The molecular formula is C33H35ClN4O3. The lowest BCUT2D eigenvalue weighted by Crippen LogP contribution is -2.25. The number of pyridine rings is 1. The summed E-state index contributed by atoms with van der Waals surface area (Å²) in [5.74, 6) is 0.370. The maximum absolute atomic E-state index is 13.7. The zero-order valence-corrected chi connectivity index (χ0v) is 24.1. The van der Waals surface area contributed by atoms with Gasteiger partial charge in [-0.1, -0.05) is 18.2 Å². The van der Waals surface area contributed by atoms with Crippen LogP contribution in [0.3, 0.4) is 0 Å². The fraction of sp³-hybridized carbons (Fsp3) is 0.333. The predicted octanol–water partition coefficient (Wildman–Crippen LogP) is 6.17. The van der Waals surface area contributed by atoms with Crippen LogP contribution in [0.5, 0.6) is 5.75 Å². The monoisotopic (exact) mass is 570 g/mol. The van der Waals surface area contributed by atoms with Gasteiger partial charge in [0.25, 0.3) is 11.5 Å². The van der Waals surface area contributed by atoms with Gasteiger partial charge in [0.2, 0.25) is 0 Å². The van der Waals surface area contributed by atoms with Crippen LogP contribution in [0.1, 0.15) is 41.6 Å². The number of benzene rings is 3. The zero-order valence-electron chi connectivity index (χ0n) is 23.4. The van der Waals surface area contributed by atoms with Gasteiger partial charge in [-0.15, -0.1) is 0 Å². The van der Waals surface area contributed by atoms with E-state index in [2.05, 4.69) is 9.80 Å². The Bertz CT molecular complexity index is 1620. The number of hydrogen-bond donors (Lipinski definition) is 0. The Morgan fingerprint density at radius 2 is 1.71 bits per heavy atom. The Kier molecular flexibility index (Phi) is 7.99. The van der Waals surface area contributed by atoms with E-state index in [1.807, 2.05) is 55.5 Å². The van der Waals surface area contributed by atoms with Gasteiger partial charge in [0.05, 0.1) is 16.8 Å². The first-order valence-electron chi connectivity index (χ1n) is 14.4. The van der Waals surface area contributed by atoms with Crippen LogP contribution in [0.15, 0.2) is 77.7 Å². The summed E-state index contributed by atoms with van der Waals surface area (Å²) in [5.41, 5.74) is 3.45. The number of hydrogen-bond acceptors (Lipinski definition) is 5. The minimum atomic E-state index is -0.316. The molecule has 6 rings (SSSR count). The molecule has 2 aliphatic heterocycles. The number of aromatic nitrogens is 1. The molecule has 212 valence electrons. The van der Waals surface area contributed by atoms with E-state index in [1.54, 1.807) is 29.0 Å². The van der Waals surface area contributed by atoms with Gasteiger partial charge in [0.1, 0.15) is 12.4 Å². The van der Waals surface area contributed by atoms with Crippen molar-refractivity contribution in [1.82, 2.24) is 9.47 Å². The Hall–Kier alpha value is -3.81. The molecule has 4 aromatic rings. The second kappa shape index (κ2) is 12.0. The standard InChI is InChI=1S/C33H35ClN4O3/c1-24-9-11-28(38(34)32(39)26-7-6-8-27(21-26)36-16-4-5-17-36)22-31(24)37-18-13-25-10-12-29(23-30(25)33(37)40)41-20-19-35-14-2-3-15-35/h6-13,18,21-23H,2-5,14-17,19-20H2,1H3. The lowest BCUT2D eigenvalue weighted by Gasteiger charge is -2.20. The smallest absolute Gasteiger partial charge is 0.272 e. The third-order valence-corrected chi connectivity index (χ3v) is 8.52. The quantitative estimate of drug-likeness (QED) is 0.237. The van der Waals surface area contributed by atoms with Crippen LogP contribution in [0.25, 0.3) is 16.5 Å². The summed E-state index contributed by atoms with van der Waals surface area (Å²) in [7, 11) is 0. The summed E-state index contributed by atoms with van der Waals surface area (Å²) in [4.78, 5) is 31.8. The zero-order chi connectivity index (χ0) is 28.3. The van der Waals surface area contributed by atoms with E-state index < -0.39 is 0 Å². The highest BCUT2D eigenvalue weighted by atomic mass is 35.5. The maximum Gasteiger partial charge on any atom is 0.272 e. The number of aryl methyl sites for hydroxylation is 1. The van der Waals surface area contributed by atoms with E-state index in [0.717, 1.165) is 66.6 Å². The van der Waals surface area contributed by atoms with E-state index in [9.17, 15) is 9.59 Å². The predicted molar refractivity (Wildman–Crippen MR) is 166 cm³/mol. The number of carbonyl (C=O) groups is 1. The molecule has 7 nitrogen and oxygen atoms in total. The average Bonchev–Trinajstić information content (AvgIpc) is 3.73. The molecule has 0 atom stereocenters. The number of halogens is 1. The molecule has 2 aliphatic rings. The molecule has 0 saturated carbocycles. The molecule has 0 N–H and O–H groups in total. The van der Waals surface area contributed by atoms with Gasteiger partial charge in [-0.25, -0.2) is 4.42 Å². The normalized spacial score (nSPS) is 15.5. The van der Waals surface area contributed by atoms with E-state index in [1.165, 1.54) is 12.8 Å². The molecule has 41 heavy (non-hydrogen) atoms. The van der Waals surface area contributed by atoms with E-state index >= 15 is 0 Å². The molecule has 0 unspecified atom stereocenters. The third kappa shape index (κ3) is 5.83. The van der Waals surface area contributed by atoms with E-state index in [4.69, 9.17) is 16.5 Å². The molecule has 3 aromatic carbocycles. The fourth-order valence-electron chi connectivity index (χ4n) is 5.82. The Labute approximate surface area is 245 Å². The van der Waals surface area contributed by atoms with Crippen LogP contribution < -0.4 is 19.6 Å². The van der Waals surface area contributed by atoms with Crippen molar-refractivity contribution in [1.29, 1.82) is 0 Å². The van der Waals surface area contributed by atoms with Gasteiger partial charge in [0.15, 0.2) is 0 Å². The van der Waals surface area contributed by atoms with Crippen LogP contribution >= 0.6 is 11.8 Å². The summed E-state index contributed by atoms with van der Waals surface area (Å²) < 4.78 is 8.74. The van der Waals surface area contributed by atoms with Gasteiger partial charge in [-0.3, -0.25) is 19.1 Å². The van der Waals surface area contributed by atoms with E-state index in [-0.39, 0.29) is 11.5 Å². The highest BCUT2D eigenvalue weighted by molar-refractivity contribution is 6.39. The molecule has 1 amide bonds. The molecule has 2 fully saturated rings. The van der Waals surface area contributed by atoms with Crippen LogP contribution in [-0.4, -0.2) is 54.7 Å². The number of ether oxygens (including phenoxy) is 1. The van der Waals surface area contributed by atoms with Crippen LogP contribution in [0.2, 0.25) is 0 Å². The van der Waals surface area contributed by atoms with Crippen molar-refractivity contribution in [3.63, 3.8) is 0 Å². The number of likely N-dealkylation sites (tertiary alicyclic amines) is 1. The van der Waals surface area contributed by atoms with Crippen molar-refractivity contribution in [2.75, 3.05) is 48.6 Å². The average molecular weight is 571 g/mol. The highest BCUT2D eigenvalue weighted by Gasteiger charge is 2.20. The number of fused-ring (bicyclic) bond motifs is 1. The molecule has 2 saturated heterocycles. The first-order chi connectivity index (χ1) is 20.0. The summed E-state index contributed by atoms with van der Waals surface area (Å²) in [5, 5.41) is 1.42. The minimum absolute atomic E-state index is 0.154. The van der Waals surface area contributed by atoms with Crippen molar-refractivity contribution in [3.05, 3.63) is 94.4 Å². The summed E-state index contributed by atoms with van der Waals surface area (Å²) in [6.45, 7) is 7.66. The lowest BCUT2D eigenvalue weighted by molar-refractivity contribution is 0.101. The number of rotatable bonds is 8. The summed E-state index contributed by atoms with van der Waals surface area (Å²) >= 11 is 6.63. The van der Waals surface area contributed by atoms with Gasteiger partial charge in [-0.05, 0) is 105 Å². The second-order valence-electron chi connectivity index (χ2n) is 10.9. The number of amides is 1. The minimum Gasteiger partial charge on any atom is -0.492 e. The molecular weight excluding hydrogens is 536 g/mol. The number of anilines is 2. The molecule has 0 spiro atoms. The van der Waals surface area contributed by atoms with Crippen molar-refractivity contribution in [2.24, 2.45) is 0 Å². The van der Waals surface area contributed by atoms with Crippen molar-refractivity contribution >= 4 is 39.8 Å². The van der Waals surface area contributed by atoms with E-state index in [0.29, 0.717) is 34.7 Å². The lowest BCUT2D eigenvalue weighted by atomic mass is 10.1. The highest BCUT2D eigenvalue weighted by Crippen LogP contribution is 2.28. The Morgan fingerprint density at radius 1 is 0.927 bits per heavy atom. The van der Waals surface area contributed by atoms with Gasteiger partial charge < -0.3 is 9.64 Å².